The summed E-state index contributed by atoms with van der Waals surface area (Å²) in [6.07, 6.45) is 17.4. The minimum atomic E-state index is 0.0903. The van der Waals surface area contributed by atoms with Gasteiger partial charge in [-0.15, -0.1) is 0 Å². The van der Waals surface area contributed by atoms with Crippen LogP contribution in [0.15, 0.2) is 0 Å². The summed E-state index contributed by atoms with van der Waals surface area (Å²) in [5, 5.41) is 9.95. The number of unbranched alkanes of at least 4 members (excludes halogenated alkanes) is 9. The molecule has 1 unspecified atom stereocenters. The first-order chi connectivity index (χ1) is 10.5. The molecule has 0 aliphatic rings. The molecule has 0 amide bonds. The van der Waals surface area contributed by atoms with Crippen LogP contribution < -0.4 is 5.73 Å². The smallest absolute Gasteiger partial charge is 0.111 e. The van der Waals surface area contributed by atoms with E-state index in [9.17, 15) is 5.21 Å². The number of rotatable bonds is 16. The Kier molecular flexibility index (Phi) is 14.4. The van der Waals surface area contributed by atoms with Crippen LogP contribution >= 0.6 is 0 Å². The van der Waals surface area contributed by atoms with E-state index >= 15 is 0 Å². The van der Waals surface area contributed by atoms with Crippen molar-refractivity contribution in [1.82, 2.24) is 0 Å². The van der Waals surface area contributed by atoms with Crippen LogP contribution in [0.1, 0.15) is 90.4 Å². The Morgan fingerprint density at radius 3 is 1.68 bits per heavy atom. The normalized spacial score (nSPS) is 13.5. The average Bonchev–Trinajstić information content (AvgIpc) is 2.45. The van der Waals surface area contributed by atoms with Gasteiger partial charge in [-0.25, -0.2) is 5.21 Å². The van der Waals surface area contributed by atoms with E-state index in [4.69, 9.17) is 5.73 Å². The predicted octanol–water partition coefficient (Wildman–Crippen LogP) is 5.12. The summed E-state index contributed by atoms with van der Waals surface area (Å²) in [7, 11) is 3.74. The second-order valence-corrected chi connectivity index (χ2v) is 7.57. The highest BCUT2D eigenvalue weighted by Crippen LogP contribution is 2.19. The van der Waals surface area contributed by atoms with E-state index in [0.717, 1.165) is 25.9 Å². The Balaban J connectivity index is 3.54. The minimum absolute atomic E-state index is 0.0903. The molecule has 0 heterocycles. The number of nitrogens with zero attached hydrogens (tertiary/aromatic N) is 1. The number of hydrogen-bond acceptors (Lipinski definition) is 2. The maximum Gasteiger partial charge on any atom is 0.111 e. The molecular weight excluding hydrogens is 272 g/mol. The van der Waals surface area contributed by atoms with E-state index < -0.39 is 0 Å². The van der Waals surface area contributed by atoms with Gasteiger partial charge < -0.3 is 5.73 Å². The van der Waals surface area contributed by atoms with Crippen LogP contribution in [-0.4, -0.2) is 37.0 Å². The highest BCUT2D eigenvalue weighted by Gasteiger charge is 2.19. The van der Waals surface area contributed by atoms with Crippen LogP contribution in [0, 0.1) is 5.92 Å². The van der Waals surface area contributed by atoms with Crippen molar-refractivity contribution in [2.24, 2.45) is 11.7 Å². The number of hydrogen-bond donors (Lipinski definition) is 2. The Bertz CT molecular complexity index is 226. The molecule has 0 saturated heterocycles. The van der Waals surface area contributed by atoms with E-state index in [0.29, 0.717) is 5.92 Å². The first-order valence-electron chi connectivity index (χ1n) is 9.75. The molecule has 1 atom stereocenters. The zero-order chi connectivity index (χ0) is 16.7. The van der Waals surface area contributed by atoms with E-state index in [1.165, 1.54) is 70.6 Å². The van der Waals surface area contributed by atoms with Gasteiger partial charge in [0.05, 0.1) is 14.1 Å². The van der Waals surface area contributed by atoms with Gasteiger partial charge in [0.2, 0.25) is 0 Å². The maximum atomic E-state index is 9.95. The Labute approximate surface area is 139 Å². The summed E-state index contributed by atoms with van der Waals surface area (Å²) in [4.78, 5) is 0. The summed E-state index contributed by atoms with van der Waals surface area (Å²) >= 11 is 0. The first kappa shape index (κ1) is 21.9. The summed E-state index contributed by atoms with van der Waals surface area (Å²) in [5.74, 6) is 0.623. The van der Waals surface area contributed by atoms with Crippen molar-refractivity contribution < 1.29 is 9.85 Å². The molecule has 0 rings (SSSR count). The lowest BCUT2D eigenvalue weighted by atomic mass is 9.95. The van der Waals surface area contributed by atoms with Crippen LogP contribution in [0.5, 0.6) is 0 Å². The third kappa shape index (κ3) is 16.3. The SMILES string of the molecule is CCCCCCCCCCCCC(CCCN)C[N+](C)(C)O. The zero-order valence-electron chi connectivity index (χ0n) is 15.7. The van der Waals surface area contributed by atoms with E-state index in [-0.39, 0.29) is 4.65 Å². The molecule has 3 N–H and O–H groups in total. The number of hydroxylamine groups is 3. The molecule has 0 aromatic heterocycles. The summed E-state index contributed by atoms with van der Waals surface area (Å²) in [6, 6.07) is 0. The fraction of sp³-hybridized carbons (Fsp3) is 1.00. The van der Waals surface area contributed by atoms with Crippen LogP contribution in [-0.2, 0) is 0 Å². The molecule has 0 aliphatic heterocycles. The van der Waals surface area contributed by atoms with Crippen molar-refractivity contribution in [3.8, 4) is 0 Å². The molecule has 0 saturated carbocycles. The standard InChI is InChI=1S/C19H43N2O/c1-4-5-6-7-8-9-10-11-12-13-15-19(16-14-17-20)18-21(2,3)22/h19,22H,4-18,20H2,1-3H3/q+1. The average molecular weight is 316 g/mol. The van der Waals surface area contributed by atoms with E-state index in [1.807, 2.05) is 14.1 Å². The highest BCUT2D eigenvalue weighted by atomic mass is 16.5. The van der Waals surface area contributed by atoms with Crippen molar-refractivity contribution in [3.63, 3.8) is 0 Å². The van der Waals surface area contributed by atoms with Gasteiger partial charge in [0.25, 0.3) is 0 Å². The third-order valence-electron chi connectivity index (χ3n) is 4.49. The summed E-state index contributed by atoms with van der Waals surface area (Å²) in [5.41, 5.74) is 5.63. The number of quaternary nitrogens is 1. The molecule has 0 aliphatic carbocycles. The summed E-state index contributed by atoms with van der Waals surface area (Å²) < 4.78 is 0.0903. The lowest BCUT2D eigenvalue weighted by Gasteiger charge is -2.25. The molecule has 0 spiro atoms. The van der Waals surface area contributed by atoms with Crippen LogP contribution in [0.2, 0.25) is 0 Å². The van der Waals surface area contributed by atoms with Gasteiger partial charge in [0.1, 0.15) is 6.54 Å². The van der Waals surface area contributed by atoms with E-state index in [1.54, 1.807) is 0 Å². The molecule has 3 nitrogen and oxygen atoms in total. The van der Waals surface area contributed by atoms with Gasteiger partial charge in [-0.05, 0) is 25.8 Å². The predicted molar refractivity (Wildman–Crippen MR) is 97.0 cm³/mol. The maximum absolute atomic E-state index is 9.95. The first-order valence-corrected chi connectivity index (χ1v) is 9.75. The fourth-order valence-electron chi connectivity index (χ4n) is 3.29. The van der Waals surface area contributed by atoms with Crippen molar-refractivity contribution in [3.05, 3.63) is 0 Å². The monoisotopic (exact) mass is 315 g/mol. The van der Waals surface area contributed by atoms with Crippen LogP contribution in [0.25, 0.3) is 0 Å². The zero-order valence-corrected chi connectivity index (χ0v) is 15.7. The molecule has 0 aromatic carbocycles. The Morgan fingerprint density at radius 2 is 1.23 bits per heavy atom. The van der Waals surface area contributed by atoms with Gasteiger partial charge >= 0.3 is 0 Å². The summed E-state index contributed by atoms with van der Waals surface area (Å²) in [6.45, 7) is 3.91. The molecule has 0 fully saturated rings. The molecule has 22 heavy (non-hydrogen) atoms. The van der Waals surface area contributed by atoms with E-state index in [2.05, 4.69) is 6.92 Å². The van der Waals surface area contributed by atoms with Gasteiger partial charge in [0.15, 0.2) is 0 Å². The van der Waals surface area contributed by atoms with Crippen LogP contribution in [0.4, 0.5) is 0 Å². The second kappa shape index (κ2) is 14.5. The second-order valence-electron chi connectivity index (χ2n) is 7.57. The quantitative estimate of drug-likeness (QED) is 0.236. The fourth-order valence-corrected chi connectivity index (χ4v) is 3.29. The van der Waals surface area contributed by atoms with Crippen molar-refractivity contribution >= 4 is 0 Å². The molecule has 134 valence electrons. The van der Waals surface area contributed by atoms with Gasteiger partial charge in [-0.2, -0.15) is 4.65 Å². The molecule has 0 aromatic rings. The lowest BCUT2D eigenvalue weighted by Crippen LogP contribution is -2.40. The third-order valence-corrected chi connectivity index (χ3v) is 4.49. The van der Waals surface area contributed by atoms with Crippen molar-refractivity contribution in [2.75, 3.05) is 27.2 Å². The van der Waals surface area contributed by atoms with Crippen molar-refractivity contribution in [1.29, 1.82) is 0 Å². The molecule has 0 radical (unpaired) electrons. The van der Waals surface area contributed by atoms with Gasteiger partial charge in [-0.1, -0.05) is 71.1 Å². The van der Waals surface area contributed by atoms with Gasteiger partial charge in [-0.3, -0.25) is 0 Å². The molecule has 0 bridgehead atoms. The molecular formula is C19H43N2O+. The van der Waals surface area contributed by atoms with Crippen LogP contribution in [0.3, 0.4) is 0 Å². The lowest BCUT2D eigenvalue weighted by molar-refractivity contribution is -1.07. The Morgan fingerprint density at radius 1 is 0.773 bits per heavy atom. The van der Waals surface area contributed by atoms with Crippen molar-refractivity contribution in [2.45, 2.75) is 90.4 Å². The Hall–Kier alpha value is -0.120. The molecule has 3 heteroatoms. The minimum Gasteiger partial charge on any atom is -0.330 e. The highest BCUT2D eigenvalue weighted by molar-refractivity contribution is 4.60. The number of nitrogens with two attached hydrogens (primary N) is 1. The topological polar surface area (TPSA) is 46.2 Å². The van der Waals surface area contributed by atoms with Gasteiger partial charge in [0, 0.05) is 5.92 Å². The largest absolute Gasteiger partial charge is 0.330 e.